The van der Waals surface area contributed by atoms with E-state index in [2.05, 4.69) is 0 Å². The summed E-state index contributed by atoms with van der Waals surface area (Å²) in [5, 5.41) is 9.31. The van der Waals surface area contributed by atoms with Gasteiger partial charge in [-0.2, -0.15) is 0 Å². The summed E-state index contributed by atoms with van der Waals surface area (Å²) in [4.78, 5) is 35.3. The van der Waals surface area contributed by atoms with Crippen LogP contribution in [0.4, 0.5) is 0 Å². The Bertz CT molecular complexity index is 588. The molecule has 2 unspecified atom stereocenters. The van der Waals surface area contributed by atoms with E-state index in [9.17, 15) is 19.5 Å². The van der Waals surface area contributed by atoms with E-state index >= 15 is 0 Å². The number of carboxylic acid groups (broad SMARTS) is 1. The SMILES string of the molecule is CC(CCC(=O)OCc1ccccc1)C(C(=O)O)C(=O)OC(C)(C)C. The Balaban J connectivity index is 2.51. The summed E-state index contributed by atoms with van der Waals surface area (Å²) in [5.74, 6) is -4.31. The number of esters is 2. The summed E-state index contributed by atoms with van der Waals surface area (Å²) < 4.78 is 10.3. The van der Waals surface area contributed by atoms with Gasteiger partial charge in [-0.3, -0.25) is 14.4 Å². The van der Waals surface area contributed by atoms with Crippen molar-refractivity contribution in [1.82, 2.24) is 0 Å². The van der Waals surface area contributed by atoms with Crippen molar-refractivity contribution in [3.63, 3.8) is 0 Å². The van der Waals surface area contributed by atoms with Crippen molar-refractivity contribution in [3.05, 3.63) is 35.9 Å². The standard InChI is InChI=1S/C19H26O6/c1-13(16(17(21)22)18(23)25-19(2,3)4)10-11-15(20)24-12-14-8-6-5-7-9-14/h5-9,13,16H,10-12H2,1-4H3,(H,21,22). The van der Waals surface area contributed by atoms with Gasteiger partial charge in [-0.15, -0.1) is 0 Å². The van der Waals surface area contributed by atoms with Crippen LogP contribution in [0.25, 0.3) is 0 Å². The fourth-order valence-electron chi connectivity index (χ4n) is 2.26. The summed E-state index contributed by atoms with van der Waals surface area (Å²) in [6, 6.07) is 9.26. The highest BCUT2D eigenvalue weighted by Crippen LogP contribution is 2.22. The number of carboxylic acids is 1. The predicted octanol–water partition coefficient (Wildman–Crippen LogP) is 3.19. The topological polar surface area (TPSA) is 89.9 Å². The molecule has 25 heavy (non-hydrogen) atoms. The lowest BCUT2D eigenvalue weighted by atomic mass is 9.90. The molecule has 0 saturated carbocycles. The van der Waals surface area contributed by atoms with E-state index in [0.29, 0.717) is 0 Å². The van der Waals surface area contributed by atoms with Gasteiger partial charge < -0.3 is 14.6 Å². The Morgan fingerprint density at radius 3 is 2.24 bits per heavy atom. The molecule has 0 aliphatic carbocycles. The van der Waals surface area contributed by atoms with Crippen LogP contribution >= 0.6 is 0 Å². The fourth-order valence-corrected chi connectivity index (χ4v) is 2.26. The Labute approximate surface area is 148 Å². The van der Waals surface area contributed by atoms with Crippen LogP contribution in [0.15, 0.2) is 30.3 Å². The smallest absolute Gasteiger partial charge is 0.321 e. The van der Waals surface area contributed by atoms with E-state index in [1.807, 2.05) is 30.3 Å². The van der Waals surface area contributed by atoms with Crippen molar-refractivity contribution in [1.29, 1.82) is 0 Å². The molecule has 1 rings (SSSR count). The molecule has 0 spiro atoms. The number of rotatable bonds is 8. The summed E-state index contributed by atoms with van der Waals surface area (Å²) in [7, 11) is 0. The lowest BCUT2D eigenvalue weighted by molar-refractivity contribution is -0.169. The van der Waals surface area contributed by atoms with Gasteiger partial charge in [0, 0.05) is 6.42 Å². The predicted molar refractivity (Wildman–Crippen MR) is 91.6 cm³/mol. The average Bonchev–Trinajstić information content (AvgIpc) is 2.50. The molecular weight excluding hydrogens is 324 g/mol. The Hall–Kier alpha value is -2.37. The molecule has 0 aliphatic heterocycles. The minimum atomic E-state index is -1.30. The van der Waals surface area contributed by atoms with Gasteiger partial charge in [-0.25, -0.2) is 0 Å². The minimum Gasteiger partial charge on any atom is -0.481 e. The van der Waals surface area contributed by atoms with Crippen LogP contribution in [-0.4, -0.2) is 28.6 Å². The number of carbonyl (C=O) groups is 3. The molecule has 0 amide bonds. The highest BCUT2D eigenvalue weighted by molar-refractivity contribution is 5.94. The van der Waals surface area contributed by atoms with Gasteiger partial charge >= 0.3 is 17.9 Å². The third kappa shape index (κ3) is 7.83. The molecule has 0 aliphatic rings. The minimum absolute atomic E-state index is 0.0422. The first kappa shape index (κ1) is 20.7. The van der Waals surface area contributed by atoms with Gasteiger partial charge in [0.05, 0.1) is 0 Å². The molecule has 0 heterocycles. The summed E-state index contributed by atoms with van der Waals surface area (Å²) in [6.45, 7) is 6.82. The van der Waals surface area contributed by atoms with Crippen LogP contribution < -0.4 is 0 Å². The molecular formula is C19H26O6. The summed E-state index contributed by atoms with van der Waals surface area (Å²) in [6.07, 6.45) is 0.268. The molecule has 0 radical (unpaired) electrons. The lowest BCUT2D eigenvalue weighted by Crippen LogP contribution is -2.36. The molecule has 0 aromatic heterocycles. The molecule has 1 aromatic carbocycles. The van der Waals surface area contributed by atoms with Crippen molar-refractivity contribution in [3.8, 4) is 0 Å². The van der Waals surface area contributed by atoms with Crippen LogP contribution in [0.3, 0.4) is 0 Å². The van der Waals surface area contributed by atoms with Crippen molar-refractivity contribution in [2.45, 2.75) is 52.7 Å². The lowest BCUT2D eigenvalue weighted by Gasteiger charge is -2.25. The zero-order valence-corrected chi connectivity index (χ0v) is 15.2. The van der Waals surface area contributed by atoms with E-state index in [1.165, 1.54) is 0 Å². The van der Waals surface area contributed by atoms with E-state index in [1.54, 1.807) is 27.7 Å². The Morgan fingerprint density at radius 2 is 1.72 bits per heavy atom. The number of hydrogen-bond donors (Lipinski definition) is 1. The number of hydrogen-bond acceptors (Lipinski definition) is 5. The second-order valence-electron chi connectivity index (χ2n) is 7.01. The Kier molecular flexibility index (Phi) is 7.61. The normalized spacial score (nSPS) is 13.6. The monoisotopic (exact) mass is 350 g/mol. The first-order valence-electron chi connectivity index (χ1n) is 8.25. The number of benzene rings is 1. The van der Waals surface area contributed by atoms with Crippen molar-refractivity contribution >= 4 is 17.9 Å². The van der Waals surface area contributed by atoms with Crippen LogP contribution in [0.1, 0.15) is 46.1 Å². The molecule has 2 atom stereocenters. The fraction of sp³-hybridized carbons (Fsp3) is 0.526. The van der Waals surface area contributed by atoms with Gasteiger partial charge in [0.25, 0.3) is 0 Å². The van der Waals surface area contributed by atoms with Gasteiger partial charge in [0.15, 0.2) is 5.92 Å². The van der Waals surface area contributed by atoms with Gasteiger partial charge in [-0.1, -0.05) is 37.3 Å². The molecule has 6 nitrogen and oxygen atoms in total. The number of aliphatic carboxylic acids is 1. The van der Waals surface area contributed by atoms with Crippen LogP contribution in [0, 0.1) is 11.8 Å². The first-order valence-corrected chi connectivity index (χ1v) is 8.25. The van der Waals surface area contributed by atoms with Crippen LogP contribution in [-0.2, 0) is 30.5 Å². The largest absolute Gasteiger partial charge is 0.481 e. The highest BCUT2D eigenvalue weighted by atomic mass is 16.6. The van der Waals surface area contributed by atoms with Gasteiger partial charge in [-0.05, 0) is 38.7 Å². The summed E-state index contributed by atoms with van der Waals surface area (Å²) in [5.41, 5.74) is 0.111. The van der Waals surface area contributed by atoms with Crippen LogP contribution in [0.2, 0.25) is 0 Å². The molecule has 6 heteroatoms. The average molecular weight is 350 g/mol. The third-order valence-electron chi connectivity index (χ3n) is 3.54. The van der Waals surface area contributed by atoms with Crippen molar-refractivity contribution in [2.24, 2.45) is 11.8 Å². The number of carbonyl (C=O) groups excluding carboxylic acids is 2. The quantitative estimate of drug-likeness (QED) is 0.572. The zero-order valence-electron chi connectivity index (χ0n) is 15.2. The first-order chi connectivity index (χ1) is 11.6. The molecule has 1 aromatic rings. The maximum absolute atomic E-state index is 12.1. The molecule has 0 fully saturated rings. The van der Waals surface area contributed by atoms with E-state index < -0.39 is 35.3 Å². The second-order valence-corrected chi connectivity index (χ2v) is 7.01. The summed E-state index contributed by atoms with van der Waals surface area (Å²) >= 11 is 0. The Morgan fingerprint density at radius 1 is 1.12 bits per heavy atom. The van der Waals surface area contributed by atoms with Gasteiger partial charge in [0.1, 0.15) is 12.2 Å². The zero-order chi connectivity index (χ0) is 19.0. The maximum Gasteiger partial charge on any atom is 0.321 e. The van der Waals surface area contributed by atoms with Crippen molar-refractivity contribution in [2.75, 3.05) is 0 Å². The van der Waals surface area contributed by atoms with E-state index in [0.717, 1.165) is 5.56 Å². The molecule has 0 saturated heterocycles. The second kappa shape index (κ2) is 9.20. The van der Waals surface area contributed by atoms with E-state index in [4.69, 9.17) is 9.47 Å². The molecule has 0 bridgehead atoms. The highest BCUT2D eigenvalue weighted by Gasteiger charge is 2.35. The molecule has 1 N–H and O–H groups in total. The number of ether oxygens (including phenoxy) is 2. The van der Waals surface area contributed by atoms with Crippen molar-refractivity contribution < 1.29 is 29.0 Å². The van der Waals surface area contributed by atoms with Gasteiger partial charge in [0.2, 0.25) is 0 Å². The maximum atomic E-state index is 12.1. The molecule has 138 valence electrons. The third-order valence-corrected chi connectivity index (χ3v) is 3.54. The van der Waals surface area contributed by atoms with E-state index in [-0.39, 0.29) is 19.4 Å². The van der Waals surface area contributed by atoms with Crippen LogP contribution in [0.5, 0.6) is 0 Å².